The van der Waals surface area contributed by atoms with E-state index >= 15 is 0 Å². The first-order valence-corrected chi connectivity index (χ1v) is 9.99. The van der Waals surface area contributed by atoms with Crippen molar-refractivity contribution in [3.8, 4) is 0 Å². The highest BCUT2D eigenvalue weighted by Crippen LogP contribution is 2.45. The molecule has 2 unspecified atom stereocenters. The molecule has 4 heteroatoms. The smallest absolute Gasteiger partial charge is 0.305 e. The minimum atomic E-state index is -0.216. The van der Waals surface area contributed by atoms with E-state index in [0.717, 1.165) is 25.7 Å². The Balaban J connectivity index is 2.26. The Morgan fingerprint density at radius 3 is 2.31 bits per heavy atom. The zero-order valence-electron chi connectivity index (χ0n) is 17.2. The number of hydroxylamine groups is 2. The van der Waals surface area contributed by atoms with Crippen molar-refractivity contribution in [2.45, 2.75) is 96.9 Å². The molecule has 1 aliphatic rings. The van der Waals surface area contributed by atoms with E-state index in [1.165, 1.54) is 5.56 Å². The van der Waals surface area contributed by atoms with Gasteiger partial charge in [0.1, 0.15) is 12.2 Å². The summed E-state index contributed by atoms with van der Waals surface area (Å²) in [4.78, 5) is 18.4. The molecule has 0 N–H and O–H groups in total. The maximum Gasteiger partial charge on any atom is 0.305 e. The third-order valence-electron chi connectivity index (χ3n) is 5.75. The molecule has 0 amide bonds. The molecule has 0 spiro atoms. The van der Waals surface area contributed by atoms with Gasteiger partial charge in [-0.25, -0.2) is 0 Å². The molecule has 1 fully saturated rings. The van der Waals surface area contributed by atoms with Crippen molar-refractivity contribution in [2.24, 2.45) is 0 Å². The summed E-state index contributed by atoms with van der Waals surface area (Å²) in [7, 11) is 0. The number of piperidine rings is 1. The second kappa shape index (κ2) is 8.53. The fourth-order valence-corrected chi connectivity index (χ4v) is 4.24. The third-order valence-corrected chi connectivity index (χ3v) is 5.75. The van der Waals surface area contributed by atoms with Gasteiger partial charge in [-0.2, -0.15) is 5.06 Å². The van der Waals surface area contributed by atoms with E-state index in [1.807, 2.05) is 25.1 Å². The molecule has 0 radical (unpaired) electrons. The number of ether oxygens (including phenoxy) is 1. The zero-order chi connectivity index (χ0) is 19.4. The Hall–Kier alpha value is -1.39. The van der Waals surface area contributed by atoms with Crippen molar-refractivity contribution in [3.63, 3.8) is 0 Å². The van der Waals surface area contributed by atoms with Crippen molar-refractivity contribution >= 4 is 5.97 Å². The van der Waals surface area contributed by atoms with Crippen LogP contribution in [0.1, 0.15) is 85.3 Å². The van der Waals surface area contributed by atoms with Gasteiger partial charge in [0.2, 0.25) is 0 Å². The van der Waals surface area contributed by atoms with Gasteiger partial charge in [0.25, 0.3) is 0 Å². The molecule has 1 aromatic carbocycles. The van der Waals surface area contributed by atoms with Crippen LogP contribution in [0.5, 0.6) is 0 Å². The Morgan fingerprint density at radius 1 is 1.15 bits per heavy atom. The summed E-state index contributed by atoms with van der Waals surface area (Å²) in [5.74, 6) is -0.112. The van der Waals surface area contributed by atoms with Crippen molar-refractivity contribution < 1.29 is 14.4 Å². The number of carbonyl (C=O) groups excluding carboxylic acids is 1. The molecule has 4 nitrogen and oxygen atoms in total. The monoisotopic (exact) mass is 361 g/mol. The van der Waals surface area contributed by atoms with E-state index in [4.69, 9.17) is 9.57 Å². The summed E-state index contributed by atoms with van der Waals surface area (Å²) in [6, 6.07) is 10.3. The summed E-state index contributed by atoms with van der Waals surface area (Å²) >= 11 is 0. The number of rotatable bonds is 7. The first kappa shape index (κ1) is 20.9. The molecule has 2 rings (SSSR count). The largest absolute Gasteiger partial charge is 0.462 e. The lowest BCUT2D eigenvalue weighted by Gasteiger charge is -2.56. The molecule has 26 heavy (non-hydrogen) atoms. The first-order chi connectivity index (χ1) is 12.3. The molecule has 1 aliphatic heterocycles. The van der Waals surface area contributed by atoms with Crippen LogP contribution < -0.4 is 0 Å². The summed E-state index contributed by atoms with van der Waals surface area (Å²) in [5, 5.41) is 2.22. The number of carbonyl (C=O) groups is 1. The number of benzene rings is 1. The lowest BCUT2D eigenvalue weighted by atomic mass is 9.75. The number of hydrogen-bond acceptors (Lipinski definition) is 4. The molecule has 0 saturated carbocycles. The van der Waals surface area contributed by atoms with Gasteiger partial charge in [-0.15, -0.1) is 0 Å². The third kappa shape index (κ3) is 4.47. The van der Waals surface area contributed by atoms with Gasteiger partial charge in [0.15, 0.2) is 0 Å². The Morgan fingerprint density at radius 2 is 1.77 bits per heavy atom. The van der Waals surface area contributed by atoms with Crippen molar-refractivity contribution in [3.05, 3.63) is 35.9 Å². The van der Waals surface area contributed by atoms with Gasteiger partial charge in [-0.3, -0.25) is 9.63 Å². The SMILES string of the molecule is CCC(=O)OC1CC(C)(C)N(OC(C)c2ccccc2)C(CC)(CC)C1. The van der Waals surface area contributed by atoms with Crippen LogP contribution in [-0.2, 0) is 14.4 Å². The molecule has 1 aromatic rings. The number of hydrogen-bond donors (Lipinski definition) is 0. The Bertz CT molecular complexity index is 580. The highest BCUT2D eigenvalue weighted by atomic mass is 16.7. The van der Waals surface area contributed by atoms with Crippen LogP contribution in [0.2, 0.25) is 0 Å². The van der Waals surface area contributed by atoms with Crippen molar-refractivity contribution in [2.75, 3.05) is 0 Å². The molecule has 146 valence electrons. The molecule has 2 atom stereocenters. The molecule has 0 aliphatic carbocycles. The predicted octanol–water partition coefficient (Wildman–Crippen LogP) is 5.43. The standard InChI is InChI=1S/C22H35NO3/c1-7-20(24)25-19-15-21(5,6)23(22(8-2,9-3)16-19)26-17(4)18-13-11-10-12-14-18/h10-14,17,19H,7-9,15-16H2,1-6H3. The van der Waals surface area contributed by atoms with Crippen LogP contribution in [0.4, 0.5) is 0 Å². The van der Waals surface area contributed by atoms with Crippen LogP contribution in [0.3, 0.4) is 0 Å². The minimum absolute atomic E-state index is 0.0253. The zero-order valence-corrected chi connectivity index (χ0v) is 17.2. The van der Waals surface area contributed by atoms with Crippen molar-refractivity contribution in [1.82, 2.24) is 5.06 Å². The average Bonchev–Trinajstić information content (AvgIpc) is 2.63. The van der Waals surface area contributed by atoms with Gasteiger partial charge in [-0.05, 0) is 39.2 Å². The minimum Gasteiger partial charge on any atom is -0.462 e. The van der Waals surface area contributed by atoms with E-state index < -0.39 is 0 Å². The van der Waals surface area contributed by atoms with Crippen LogP contribution in [0.25, 0.3) is 0 Å². The second-order valence-electron chi connectivity index (χ2n) is 8.07. The van der Waals surface area contributed by atoms with Crippen LogP contribution in [0, 0.1) is 0 Å². The van der Waals surface area contributed by atoms with E-state index in [-0.39, 0.29) is 29.3 Å². The molecule has 1 heterocycles. The van der Waals surface area contributed by atoms with E-state index in [0.29, 0.717) is 6.42 Å². The van der Waals surface area contributed by atoms with Gasteiger partial charge in [-0.1, -0.05) is 51.1 Å². The van der Waals surface area contributed by atoms with Crippen LogP contribution in [-0.4, -0.2) is 28.2 Å². The number of nitrogens with zero attached hydrogens (tertiary/aromatic N) is 1. The highest BCUT2D eigenvalue weighted by molar-refractivity contribution is 5.69. The lowest BCUT2D eigenvalue weighted by Crippen LogP contribution is -2.64. The highest BCUT2D eigenvalue weighted by Gasteiger charge is 2.51. The summed E-state index contributed by atoms with van der Waals surface area (Å²) < 4.78 is 5.75. The topological polar surface area (TPSA) is 38.8 Å². The Labute approximate surface area is 158 Å². The van der Waals surface area contributed by atoms with Crippen LogP contribution >= 0.6 is 0 Å². The van der Waals surface area contributed by atoms with Gasteiger partial charge < -0.3 is 4.74 Å². The fourth-order valence-electron chi connectivity index (χ4n) is 4.24. The maximum absolute atomic E-state index is 11.9. The van der Waals surface area contributed by atoms with Gasteiger partial charge in [0.05, 0.1) is 0 Å². The normalized spacial score (nSPS) is 23.4. The summed E-state index contributed by atoms with van der Waals surface area (Å²) in [6.45, 7) is 12.7. The van der Waals surface area contributed by atoms with Gasteiger partial charge in [0, 0.05) is 30.3 Å². The second-order valence-corrected chi connectivity index (χ2v) is 8.07. The Kier molecular flexibility index (Phi) is 6.86. The summed E-state index contributed by atoms with van der Waals surface area (Å²) in [5.41, 5.74) is 0.819. The number of esters is 1. The molecule has 0 aromatic heterocycles. The van der Waals surface area contributed by atoms with Crippen LogP contribution in [0.15, 0.2) is 30.3 Å². The quantitative estimate of drug-likeness (QED) is 0.607. The molecular formula is C22H35NO3. The lowest BCUT2D eigenvalue weighted by molar-refractivity contribution is -0.323. The maximum atomic E-state index is 11.9. The fraction of sp³-hybridized carbons (Fsp3) is 0.682. The van der Waals surface area contributed by atoms with E-state index in [2.05, 4.69) is 51.8 Å². The average molecular weight is 362 g/mol. The molecular weight excluding hydrogens is 326 g/mol. The van der Waals surface area contributed by atoms with E-state index in [9.17, 15) is 4.79 Å². The molecule has 1 saturated heterocycles. The first-order valence-electron chi connectivity index (χ1n) is 9.99. The van der Waals surface area contributed by atoms with Gasteiger partial charge >= 0.3 is 5.97 Å². The van der Waals surface area contributed by atoms with E-state index in [1.54, 1.807) is 0 Å². The predicted molar refractivity (Wildman–Crippen MR) is 105 cm³/mol. The summed E-state index contributed by atoms with van der Waals surface area (Å²) in [6.07, 6.45) is 3.85. The molecule has 0 bridgehead atoms. The van der Waals surface area contributed by atoms with Crippen molar-refractivity contribution in [1.29, 1.82) is 0 Å².